The standard InChI is InChI=1S/C13H17ClN4O/c1-4-15-12(11-9(14)6-5-7-16-11)13-10(19-3)8-17-18(13)2/h5-8,12,15H,4H2,1-3H3. The minimum atomic E-state index is -0.152. The van der Waals surface area contributed by atoms with Crippen LogP contribution in [0.2, 0.25) is 5.02 Å². The minimum absolute atomic E-state index is 0.152. The maximum Gasteiger partial charge on any atom is 0.161 e. The third-order valence-electron chi connectivity index (χ3n) is 2.91. The lowest BCUT2D eigenvalue weighted by Crippen LogP contribution is -2.26. The van der Waals surface area contributed by atoms with Crippen LogP contribution in [-0.2, 0) is 7.05 Å². The third-order valence-corrected chi connectivity index (χ3v) is 3.23. The van der Waals surface area contributed by atoms with Crippen LogP contribution in [0.1, 0.15) is 24.4 Å². The number of aromatic nitrogens is 3. The first-order valence-corrected chi connectivity index (χ1v) is 6.46. The Morgan fingerprint density at radius 3 is 2.95 bits per heavy atom. The Labute approximate surface area is 117 Å². The zero-order valence-electron chi connectivity index (χ0n) is 11.2. The van der Waals surface area contributed by atoms with Gasteiger partial charge in [-0.25, -0.2) is 0 Å². The highest BCUT2D eigenvalue weighted by Gasteiger charge is 2.24. The van der Waals surface area contributed by atoms with Gasteiger partial charge in [0.25, 0.3) is 0 Å². The molecule has 2 heterocycles. The van der Waals surface area contributed by atoms with Gasteiger partial charge in [-0.3, -0.25) is 9.67 Å². The lowest BCUT2D eigenvalue weighted by atomic mass is 10.1. The Balaban J connectivity index is 2.51. The molecule has 0 aliphatic carbocycles. The lowest BCUT2D eigenvalue weighted by Gasteiger charge is -2.19. The largest absolute Gasteiger partial charge is 0.493 e. The molecule has 6 heteroatoms. The molecule has 0 saturated heterocycles. The molecule has 2 aromatic rings. The highest BCUT2D eigenvalue weighted by atomic mass is 35.5. The number of ether oxygens (including phenoxy) is 1. The van der Waals surface area contributed by atoms with Crippen molar-refractivity contribution in [3.05, 3.63) is 40.9 Å². The zero-order chi connectivity index (χ0) is 13.8. The van der Waals surface area contributed by atoms with Crippen molar-refractivity contribution in [3.8, 4) is 5.75 Å². The molecule has 0 amide bonds. The van der Waals surface area contributed by atoms with Crippen LogP contribution in [0, 0.1) is 0 Å². The first-order chi connectivity index (χ1) is 9.19. The number of nitrogens with zero attached hydrogens (tertiary/aromatic N) is 3. The molecule has 19 heavy (non-hydrogen) atoms. The van der Waals surface area contributed by atoms with Crippen LogP contribution in [0.4, 0.5) is 0 Å². The summed E-state index contributed by atoms with van der Waals surface area (Å²) in [6.45, 7) is 2.82. The predicted molar refractivity (Wildman–Crippen MR) is 74.5 cm³/mol. The molecule has 102 valence electrons. The number of methoxy groups -OCH3 is 1. The molecule has 0 bridgehead atoms. The molecular formula is C13H17ClN4O. The van der Waals surface area contributed by atoms with Crippen LogP contribution in [0.25, 0.3) is 0 Å². The van der Waals surface area contributed by atoms with Crippen molar-refractivity contribution >= 4 is 11.6 Å². The van der Waals surface area contributed by atoms with E-state index in [1.165, 1.54) is 0 Å². The van der Waals surface area contributed by atoms with Crippen molar-refractivity contribution in [1.29, 1.82) is 0 Å². The second-order valence-corrected chi connectivity index (χ2v) is 4.49. The van der Waals surface area contributed by atoms with Gasteiger partial charge in [0.2, 0.25) is 0 Å². The lowest BCUT2D eigenvalue weighted by molar-refractivity contribution is 0.400. The van der Waals surface area contributed by atoms with Crippen LogP contribution >= 0.6 is 11.6 Å². The smallest absolute Gasteiger partial charge is 0.161 e. The summed E-state index contributed by atoms with van der Waals surface area (Å²) >= 11 is 6.25. The van der Waals surface area contributed by atoms with Crippen molar-refractivity contribution in [1.82, 2.24) is 20.1 Å². The molecule has 5 nitrogen and oxygen atoms in total. The van der Waals surface area contributed by atoms with Gasteiger partial charge in [0.15, 0.2) is 5.75 Å². The molecule has 1 N–H and O–H groups in total. The number of hydrogen-bond acceptors (Lipinski definition) is 4. The van der Waals surface area contributed by atoms with Gasteiger partial charge in [-0.1, -0.05) is 18.5 Å². The average Bonchev–Trinajstić information content (AvgIpc) is 2.78. The Kier molecular flexibility index (Phi) is 4.39. The molecule has 2 aromatic heterocycles. The average molecular weight is 281 g/mol. The number of aryl methyl sites for hydroxylation is 1. The number of pyridine rings is 1. The van der Waals surface area contributed by atoms with E-state index >= 15 is 0 Å². The Morgan fingerprint density at radius 2 is 2.32 bits per heavy atom. The summed E-state index contributed by atoms with van der Waals surface area (Å²) in [7, 11) is 3.50. The maximum absolute atomic E-state index is 6.25. The van der Waals surface area contributed by atoms with E-state index in [-0.39, 0.29) is 6.04 Å². The molecular weight excluding hydrogens is 264 g/mol. The van der Waals surface area contributed by atoms with Gasteiger partial charge < -0.3 is 10.1 Å². The Hall–Kier alpha value is -1.59. The van der Waals surface area contributed by atoms with Crippen molar-refractivity contribution in [2.75, 3.05) is 13.7 Å². The summed E-state index contributed by atoms with van der Waals surface area (Å²) in [6, 6.07) is 3.49. The first kappa shape index (κ1) is 13.8. The van der Waals surface area contributed by atoms with Gasteiger partial charge in [0.1, 0.15) is 5.69 Å². The molecule has 0 aliphatic heterocycles. The molecule has 2 rings (SSSR count). The van der Waals surface area contributed by atoms with Gasteiger partial charge >= 0.3 is 0 Å². The maximum atomic E-state index is 6.25. The molecule has 1 atom stereocenters. The number of hydrogen-bond donors (Lipinski definition) is 1. The minimum Gasteiger partial charge on any atom is -0.493 e. The third kappa shape index (κ3) is 2.72. The normalized spacial score (nSPS) is 12.4. The second kappa shape index (κ2) is 6.04. The van der Waals surface area contributed by atoms with E-state index in [9.17, 15) is 0 Å². The highest BCUT2D eigenvalue weighted by Crippen LogP contribution is 2.31. The van der Waals surface area contributed by atoms with Gasteiger partial charge in [-0.2, -0.15) is 5.10 Å². The van der Waals surface area contributed by atoms with E-state index in [4.69, 9.17) is 16.3 Å². The van der Waals surface area contributed by atoms with Gasteiger partial charge in [-0.15, -0.1) is 0 Å². The van der Waals surface area contributed by atoms with Crippen LogP contribution in [0.5, 0.6) is 5.75 Å². The van der Waals surface area contributed by atoms with Crippen molar-refractivity contribution in [2.24, 2.45) is 7.05 Å². The van der Waals surface area contributed by atoms with E-state index in [1.807, 2.05) is 26.1 Å². The Morgan fingerprint density at radius 1 is 1.53 bits per heavy atom. The quantitative estimate of drug-likeness (QED) is 0.912. The molecule has 0 spiro atoms. The fraction of sp³-hybridized carbons (Fsp3) is 0.385. The number of rotatable bonds is 5. The fourth-order valence-corrected chi connectivity index (χ4v) is 2.28. The summed E-state index contributed by atoms with van der Waals surface area (Å²) < 4.78 is 7.14. The number of halogens is 1. The van der Waals surface area contributed by atoms with E-state index in [0.717, 1.165) is 23.7 Å². The second-order valence-electron chi connectivity index (χ2n) is 4.08. The van der Waals surface area contributed by atoms with Gasteiger partial charge in [-0.05, 0) is 18.7 Å². The van der Waals surface area contributed by atoms with Gasteiger partial charge in [0.05, 0.1) is 30.1 Å². The summed E-state index contributed by atoms with van der Waals surface area (Å²) in [4.78, 5) is 4.38. The van der Waals surface area contributed by atoms with Crippen molar-refractivity contribution in [2.45, 2.75) is 13.0 Å². The van der Waals surface area contributed by atoms with E-state index < -0.39 is 0 Å². The summed E-state index contributed by atoms with van der Waals surface area (Å²) in [5.74, 6) is 0.718. The zero-order valence-corrected chi connectivity index (χ0v) is 12.0. The molecule has 0 radical (unpaired) electrons. The summed E-state index contributed by atoms with van der Waals surface area (Å²) in [5.41, 5.74) is 1.68. The molecule has 0 aliphatic rings. The topological polar surface area (TPSA) is 52.0 Å². The predicted octanol–water partition coefficient (Wildman–Crippen LogP) is 2.18. The SMILES string of the molecule is CCNC(c1ncccc1Cl)c1c(OC)cnn1C. The summed E-state index contributed by atoms with van der Waals surface area (Å²) in [6.07, 6.45) is 3.42. The Bertz CT molecular complexity index is 555. The monoisotopic (exact) mass is 280 g/mol. The van der Waals surface area contributed by atoms with E-state index in [0.29, 0.717) is 5.02 Å². The van der Waals surface area contributed by atoms with Crippen LogP contribution in [-0.4, -0.2) is 28.4 Å². The van der Waals surface area contributed by atoms with Crippen LogP contribution in [0.15, 0.2) is 24.5 Å². The molecule has 1 unspecified atom stereocenters. The highest BCUT2D eigenvalue weighted by molar-refractivity contribution is 6.31. The first-order valence-electron chi connectivity index (χ1n) is 6.08. The van der Waals surface area contributed by atoms with E-state index in [1.54, 1.807) is 24.2 Å². The van der Waals surface area contributed by atoms with Crippen LogP contribution < -0.4 is 10.1 Å². The summed E-state index contributed by atoms with van der Waals surface area (Å²) in [5, 5.41) is 8.22. The fourth-order valence-electron chi connectivity index (χ4n) is 2.05. The molecule has 0 aromatic carbocycles. The molecule has 0 saturated carbocycles. The van der Waals surface area contributed by atoms with Crippen molar-refractivity contribution in [3.63, 3.8) is 0 Å². The van der Waals surface area contributed by atoms with E-state index in [2.05, 4.69) is 15.4 Å². The van der Waals surface area contributed by atoms with Crippen molar-refractivity contribution < 1.29 is 4.74 Å². The van der Waals surface area contributed by atoms with Crippen LogP contribution in [0.3, 0.4) is 0 Å². The molecule has 0 fully saturated rings. The number of nitrogens with one attached hydrogen (secondary N) is 1. The van der Waals surface area contributed by atoms with Gasteiger partial charge in [0, 0.05) is 13.2 Å².